The number of halogens is 1. The first-order valence-electron chi connectivity index (χ1n) is 6.63. The van der Waals surface area contributed by atoms with E-state index in [1.165, 1.54) is 32.1 Å². The molecule has 0 saturated heterocycles. The van der Waals surface area contributed by atoms with Crippen molar-refractivity contribution in [3.05, 3.63) is 16.9 Å². The third kappa shape index (κ3) is 3.02. The largest absolute Gasteiger partial charge is 0.309 e. The van der Waals surface area contributed by atoms with Gasteiger partial charge in [0.25, 0.3) is 0 Å². The van der Waals surface area contributed by atoms with Gasteiger partial charge in [-0.05, 0) is 18.9 Å². The van der Waals surface area contributed by atoms with E-state index in [1.54, 1.807) is 6.20 Å². The first kappa shape index (κ1) is 12.9. The summed E-state index contributed by atoms with van der Waals surface area (Å²) < 4.78 is 1.91. The van der Waals surface area contributed by atoms with Gasteiger partial charge in [-0.3, -0.25) is 4.68 Å². The Hall–Kier alpha value is -0.540. The molecule has 1 aliphatic rings. The lowest BCUT2D eigenvalue weighted by Gasteiger charge is -2.22. The Labute approximate surface area is 109 Å². The van der Waals surface area contributed by atoms with Crippen molar-refractivity contribution in [3.63, 3.8) is 0 Å². The highest BCUT2D eigenvalue weighted by Crippen LogP contribution is 2.34. The molecule has 1 unspecified atom stereocenters. The van der Waals surface area contributed by atoms with Gasteiger partial charge in [0.05, 0.1) is 23.0 Å². The van der Waals surface area contributed by atoms with Crippen molar-refractivity contribution in [2.75, 3.05) is 6.54 Å². The van der Waals surface area contributed by atoms with Gasteiger partial charge in [-0.15, -0.1) is 0 Å². The maximum absolute atomic E-state index is 6.24. The molecule has 0 bridgehead atoms. The lowest BCUT2D eigenvalue weighted by molar-refractivity contribution is 0.385. The zero-order valence-electron chi connectivity index (χ0n) is 10.7. The van der Waals surface area contributed by atoms with E-state index in [-0.39, 0.29) is 0 Å². The second-order valence-electron chi connectivity index (χ2n) is 5.00. The average Bonchev–Trinajstić information content (AvgIpc) is 2.89. The van der Waals surface area contributed by atoms with Crippen LogP contribution in [-0.4, -0.2) is 16.3 Å². The fraction of sp³-hybridized carbons (Fsp3) is 0.769. The molecule has 1 atom stereocenters. The van der Waals surface area contributed by atoms with E-state index in [4.69, 9.17) is 11.6 Å². The fourth-order valence-electron chi connectivity index (χ4n) is 2.93. The van der Waals surface area contributed by atoms with E-state index in [0.29, 0.717) is 6.04 Å². The number of aromatic nitrogens is 2. The van der Waals surface area contributed by atoms with E-state index < -0.39 is 0 Å². The van der Waals surface area contributed by atoms with Crippen molar-refractivity contribution < 1.29 is 0 Å². The molecule has 1 aromatic heterocycles. The molecule has 1 aromatic rings. The van der Waals surface area contributed by atoms with Crippen LogP contribution in [0, 0.1) is 5.92 Å². The molecule has 1 heterocycles. The Morgan fingerprint density at radius 3 is 2.76 bits per heavy atom. The van der Waals surface area contributed by atoms with Crippen molar-refractivity contribution in [1.82, 2.24) is 15.1 Å². The summed E-state index contributed by atoms with van der Waals surface area (Å²) >= 11 is 6.24. The molecule has 2 rings (SSSR count). The van der Waals surface area contributed by atoms with Gasteiger partial charge in [-0.25, -0.2) is 0 Å². The van der Waals surface area contributed by atoms with Gasteiger partial charge in [0, 0.05) is 7.05 Å². The lowest BCUT2D eigenvalue weighted by Crippen LogP contribution is -2.25. The molecule has 0 radical (unpaired) electrons. The van der Waals surface area contributed by atoms with Crippen LogP contribution in [0.3, 0.4) is 0 Å². The molecule has 96 valence electrons. The summed E-state index contributed by atoms with van der Waals surface area (Å²) in [4.78, 5) is 0. The zero-order valence-corrected chi connectivity index (χ0v) is 11.5. The summed E-state index contributed by atoms with van der Waals surface area (Å²) in [7, 11) is 1.97. The summed E-state index contributed by atoms with van der Waals surface area (Å²) in [6, 6.07) is 0.350. The molecule has 0 spiro atoms. The topological polar surface area (TPSA) is 29.9 Å². The second kappa shape index (κ2) is 5.87. The van der Waals surface area contributed by atoms with Gasteiger partial charge in [0.15, 0.2) is 0 Å². The first-order valence-corrected chi connectivity index (χ1v) is 7.01. The minimum absolute atomic E-state index is 0.350. The number of hydrogen-bond acceptors (Lipinski definition) is 2. The highest BCUT2D eigenvalue weighted by Gasteiger charge is 2.24. The van der Waals surface area contributed by atoms with Gasteiger partial charge >= 0.3 is 0 Å². The quantitative estimate of drug-likeness (QED) is 0.875. The first-order chi connectivity index (χ1) is 8.22. The average molecular weight is 256 g/mol. The molecule has 1 aliphatic carbocycles. The zero-order chi connectivity index (χ0) is 12.3. The molecule has 0 amide bonds. The van der Waals surface area contributed by atoms with Crippen LogP contribution < -0.4 is 5.32 Å². The number of hydrogen-bond donors (Lipinski definition) is 1. The van der Waals surface area contributed by atoms with E-state index in [2.05, 4.69) is 17.3 Å². The van der Waals surface area contributed by atoms with Gasteiger partial charge in [0.1, 0.15) is 0 Å². The van der Waals surface area contributed by atoms with Crippen LogP contribution in [-0.2, 0) is 7.05 Å². The van der Waals surface area contributed by atoms with Gasteiger partial charge in [-0.2, -0.15) is 5.10 Å². The van der Waals surface area contributed by atoms with Crippen LogP contribution in [0.1, 0.15) is 50.8 Å². The van der Waals surface area contributed by atoms with Crippen LogP contribution in [0.15, 0.2) is 6.20 Å². The molecule has 1 fully saturated rings. The van der Waals surface area contributed by atoms with Crippen molar-refractivity contribution in [2.45, 2.75) is 45.1 Å². The van der Waals surface area contributed by atoms with E-state index >= 15 is 0 Å². The molecule has 17 heavy (non-hydrogen) atoms. The molecule has 3 nitrogen and oxygen atoms in total. The lowest BCUT2D eigenvalue weighted by atomic mass is 9.96. The third-order valence-corrected chi connectivity index (χ3v) is 4.05. The van der Waals surface area contributed by atoms with Crippen molar-refractivity contribution in [1.29, 1.82) is 0 Å². The summed E-state index contributed by atoms with van der Waals surface area (Å²) in [5, 5.41) is 8.58. The molecular weight excluding hydrogens is 234 g/mol. The van der Waals surface area contributed by atoms with Crippen LogP contribution in [0.4, 0.5) is 0 Å². The van der Waals surface area contributed by atoms with Crippen molar-refractivity contribution in [2.24, 2.45) is 13.0 Å². The Morgan fingerprint density at radius 2 is 2.24 bits per heavy atom. The molecule has 0 aromatic carbocycles. The van der Waals surface area contributed by atoms with Gasteiger partial charge in [-0.1, -0.05) is 44.2 Å². The smallest absolute Gasteiger partial charge is 0.0834 e. The summed E-state index contributed by atoms with van der Waals surface area (Å²) in [5.41, 5.74) is 1.14. The fourth-order valence-corrected chi connectivity index (χ4v) is 3.23. The maximum Gasteiger partial charge on any atom is 0.0834 e. The third-order valence-electron chi connectivity index (χ3n) is 3.76. The predicted molar refractivity (Wildman–Crippen MR) is 71.2 cm³/mol. The predicted octanol–water partition coefficient (Wildman–Crippen LogP) is 3.30. The minimum atomic E-state index is 0.350. The van der Waals surface area contributed by atoms with Crippen molar-refractivity contribution in [3.8, 4) is 0 Å². The Kier molecular flexibility index (Phi) is 4.46. The van der Waals surface area contributed by atoms with Crippen LogP contribution in [0.5, 0.6) is 0 Å². The van der Waals surface area contributed by atoms with Gasteiger partial charge < -0.3 is 5.32 Å². The molecular formula is C13H22ClN3. The molecule has 4 heteroatoms. The number of rotatable bonds is 5. The highest BCUT2D eigenvalue weighted by molar-refractivity contribution is 6.31. The molecule has 0 aliphatic heterocycles. The number of nitrogens with one attached hydrogen (secondary N) is 1. The number of aryl methyl sites for hydroxylation is 1. The van der Waals surface area contributed by atoms with E-state index in [1.807, 2.05) is 11.7 Å². The maximum atomic E-state index is 6.24. The SMILES string of the molecule is CCNC(CC1CCCC1)c1c(Cl)cnn1C. The monoisotopic (exact) mass is 255 g/mol. The normalized spacial score (nSPS) is 18.8. The van der Waals surface area contributed by atoms with Crippen LogP contribution in [0.2, 0.25) is 5.02 Å². The highest BCUT2D eigenvalue weighted by atomic mass is 35.5. The minimum Gasteiger partial charge on any atom is -0.309 e. The van der Waals surface area contributed by atoms with E-state index in [9.17, 15) is 0 Å². The molecule has 1 saturated carbocycles. The standard InChI is InChI=1S/C13H22ClN3/c1-3-15-12(8-10-6-4-5-7-10)13-11(14)9-16-17(13)2/h9-10,12,15H,3-8H2,1-2H3. The molecule has 1 N–H and O–H groups in total. The van der Waals surface area contributed by atoms with E-state index in [0.717, 1.165) is 23.2 Å². The van der Waals surface area contributed by atoms with Crippen LogP contribution in [0.25, 0.3) is 0 Å². The van der Waals surface area contributed by atoms with Gasteiger partial charge in [0.2, 0.25) is 0 Å². The summed E-state index contributed by atoms with van der Waals surface area (Å²) in [6.45, 7) is 3.12. The second-order valence-corrected chi connectivity index (χ2v) is 5.41. The summed E-state index contributed by atoms with van der Waals surface area (Å²) in [5.74, 6) is 0.852. The van der Waals surface area contributed by atoms with Crippen molar-refractivity contribution >= 4 is 11.6 Å². The summed E-state index contributed by atoms with van der Waals surface area (Å²) in [6.07, 6.45) is 8.46. The number of nitrogens with zero attached hydrogens (tertiary/aromatic N) is 2. The Morgan fingerprint density at radius 1 is 1.53 bits per heavy atom. The Bertz CT molecular complexity index is 336. The Balaban J connectivity index is 2.10. The van der Waals surface area contributed by atoms with Crippen LogP contribution >= 0.6 is 11.6 Å².